The molecule has 4 saturated heterocycles. The summed E-state index contributed by atoms with van der Waals surface area (Å²) in [6.07, 6.45) is 5.23. The molecule has 3 aromatic carbocycles. The SMILES string of the molecule is COc1ccc2c(c1)C(=O)N(C[C@@]1(c3cc4cnccc4o3)NC(=O)N(COC(=O)OC(C)(C)C)C1=O)C2.COc1ccc2c(c1)C(=O)N(C[C@@]1(c3cc4cnccc4o3)NC(=O)N(COC(=O)OC(C)C)C1=O)C2.COc1ccc2c(c1)C(=O)N(C[C@@]1(c3cc4cnccc4o3)NC(=O)N(COC(=O)OCC3COCO3)C1=O)C2. The van der Waals surface area contributed by atoms with Gasteiger partial charge in [0.15, 0.2) is 36.8 Å². The summed E-state index contributed by atoms with van der Waals surface area (Å²) in [7, 11) is 4.51. The van der Waals surface area contributed by atoms with Crippen molar-refractivity contribution in [3.63, 3.8) is 0 Å². The van der Waals surface area contributed by atoms with Crippen molar-refractivity contribution in [3.8, 4) is 17.2 Å². The van der Waals surface area contributed by atoms with Crippen LogP contribution < -0.4 is 30.2 Å². The van der Waals surface area contributed by atoms with E-state index in [0.717, 1.165) is 31.4 Å². The highest BCUT2D eigenvalue weighted by Gasteiger charge is 2.60. The molecule has 0 aliphatic carbocycles. The number of nitrogens with one attached hydrogen (secondary N) is 3. The summed E-state index contributed by atoms with van der Waals surface area (Å²) in [5, 5.41) is 9.85. The standard InChI is InChI=1S/C26H24N4O10.C26H26N4O8.C25H24N4O8/c1-35-17-3-2-15-9-29(22(31)19(15)7-17)12-26(21-6-16-8-27-5-4-20(16)40-21)23(32)30(24(33)28-26)13-38-25(34)37-11-18-10-36-14-39-18;1-25(2,3)38-24(34)36-14-30-22(32)26(28-23(30)33,20-9-16-11-27-8-7-19(16)37-20)13-29-12-15-5-6-17(35-4)10-18(15)21(29)31;1-14(2)36-24(33)35-13-29-22(31)25(27-23(29)32,20-8-16-10-26-7-6-19(16)37-20)12-28-11-15-4-5-17(34-3)9-18(15)21(28)30/h2-8,18H,9-14H2,1H3,(H,28,33);5-11H,12-14H2,1-4H3,(H,28,33);4-10,14H,11-13H2,1-3H3,(H,27,32)/t18?,26-;26-;25-/m000/s1. The number of ether oxygens (including phenoxy) is 11. The maximum absolute atomic E-state index is 13.9. The van der Waals surface area contributed by atoms with Crippen LogP contribution >= 0.6 is 0 Å². The third-order valence-corrected chi connectivity index (χ3v) is 19.3. The van der Waals surface area contributed by atoms with Gasteiger partial charge in [0.05, 0.1) is 53.7 Å². The van der Waals surface area contributed by atoms with Crippen LogP contribution in [0.4, 0.5) is 28.8 Å². The normalized spacial score (nSPS) is 20.1. The average Bonchev–Trinajstić information content (AvgIpc) is 1.59. The fourth-order valence-corrected chi connectivity index (χ4v) is 13.7. The summed E-state index contributed by atoms with van der Waals surface area (Å²) in [5.41, 5.74) is -1.30. The molecule has 38 nitrogen and oxygen atoms in total. The summed E-state index contributed by atoms with van der Waals surface area (Å²) in [5.74, 6) is -1.39. The fraction of sp³-hybridized carbons (Fsp3) is 0.338. The van der Waals surface area contributed by atoms with Crippen LogP contribution in [0.3, 0.4) is 0 Å². The van der Waals surface area contributed by atoms with Gasteiger partial charge in [-0.3, -0.25) is 43.7 Å². The quantitative estimate of drug-likeness (QED) is 0.0353. The minimum Gasteiger partial charge on any atom is -0.497 e. The summed E-state index contributed by atoms with van der Waals surface area (Å²) < 4.78 is 73.9. The molecule has 6 aromatic heterocycles. The first-order chi connectivity index (χ1) is 55.1. The molecule has 9 aromatic rings. The number of nitrogens with zero attached hydrogens (tertiary/aromatic N) is 9. The molecule has 4 atom stereocenters. The van der Waals surface area contributed by atoms with E-state index in [1.54, 1.807) is 144 Å². The number of fused-ring (bicyclic) bond motifs is 6. The van der Waals surface area contributed by atoms with Crippen LogP contribution in [0.25, 0.3) is 32.9 Å². The highest BCUT2D eigenvalue weighted by molar-refractivity contribution is 6.11. The molecule has 7 aliphatic heterocycles. The predicted octanol–water partition coefficient (Wildman–Crippen LogP) is 7.63. The number of carbonyl (C=O) groups is 12. The first kappa shape index (κ1) is 77.8. The van der Waals surface area contributed by atoms with Crippen molar-refractivity contribution in [2.24, 2.45) is 0 Å². The number of benzene rings is 3. The number of aromatic nitrogens is 3. The molecule has 0 saturated carbocycles. The van der Waals surface area contributed by atoms with Gasteiger partial charge in [-0.1, -0.05) is 18.2 Å². The Bertz CT molecular complexity index is 5320. The van der Waals surface area contributed by atoms with Crippen LogP contribution in [-0.2, 0) is 88.5 Å². The molecule has 7 aliphatic rings. The van der Waals surface area contributed by atoms with Gasteiger partial charge in [0.2, 0.25) is 0 Å². The molecule has 0 radical (unpaired) electrons. The largest absolute Gasteiger partial charge is 0.510 e. The van der Waals surface area contributed by atoms with E-state index >= 15 is 0 Å². The van der Waals surface area contributed by atoms with Crippen molar-refractivity contribution in [3.05, 3.63) is 179 Å². The number of hydrogen-bond acceptors (Lipinski definition) is 29. The Balaban J connectivity index is 0.000000143. The zero-order valence-electron chi connectivity index (χ0n) is 62.9. The number of furan rings is 3. The van der Waals surface area contributed by atoms with Crippen LogP contribution in [0.2, 0.25) is 0 Å². The minimum absolute atomic E-state index is 0.0960. The molecule has 0 spiro atoms. The van der Waals surface area contributed by atoms with Crippen molar-refractivity contribution in [1.82, 2.24) is 60.3 Å². The van der Waals surface area contributed by atoms with Crippen LogP contribution in [0, 0.1) is 0 Å². The molecule has 3 N–H and O–H groups in total. The smallest absolute Gasteiger partial charge is 0.497 e. The van der Waals surface area contributed by atoms with Gasteiger partial charge >= 0.3 is 36.6 Å². The maximum atomic E-state index is 13.9. The zero-order valence-corrected chi connectivity index (χ0v) is 62.9. The van der Waals surface area contributed by atoms with E-state index in [9.17, 15) is 57.5 Å². The van der Waals surface area contributed by atoms with Gasteiger partial charge in [-0.15, -0.1) is 0 Å². The lowest BCUT2D eigenvalue weighted by atomic mass is 9.95. The van der Waals surface area contributed by atoms with Gasteiger partial charge in [0.25, 0.3) is 35.4 Å². The Kier molecular flexibility index (Phi) is 21.2. The number of imide groups is 3. The Morgan fingerprint density at radius 1 is 0.487 bits per heavy atom. The van der Waals surface area contributed by atoms with Crippen LogP contribution in [0.1, 0.15) is 99.7 Å². The van der Waals surface area contributed by atoms with E-state index in [0.29, 0.717) is 66.8 Å². The molecule has 38 heteroatoms. The van der Waals surface area contributed by atoms with E-state index in [1.165, 1.54) is 54.6 Å². The van der Waals surface area contributed by atoms with E-state index in [-0.39, 0.29) is 94.3 Å². The van der Waals surface area contributed by atoms with Crippen molar-refractivity contribution in [2.75, 3.05) is 81.2 Å². The first-order valence-corrected chi connectivity index (χ1v) is 35.6. The predicted molar refractivity (Wildman–Crippen MR) is 389 cm³/mol. The Morgan fingerprint density at radius 2 is 0.843 bits per heavy atom. The molecule has 1 unspecified atom stereocenters. The second kappa shape index (κ2) is 31.3. The minimum atomic E-state index is -1.81. The number of urea groups is 3. The molecule has 0 bridgehead atoms. The summed E-state index contributed by atoms with van der Waals surface area (Å²) >= 11 is 0. The van der Waals surface area contributed by atoms with Crippen LogP contribution in [0.15, 0.2) is 141 Å². The Hall–Kier alpha value is -13.9. The van der Waals surface area contributed by atoms with Gasteiger partial charge < -0.3 is 96.0 Å². The lowest BCUT2D eigenvalue weighted by Crippen LogP contribution is -2.52. The van der Waals surface area contributed by atoms with Gasteiger partial charge in [0, 0.05) is 89.7 Å². The molecule has 598 valence electrons. The van der Waals surface area contributed by atoms with Crippen molar-refractivity contribution in [2.45, 2.75) is 88.7 Å². The molecule has 4 fully saturated rings. The van der Waals surface area contributed by atoms with Gasteiger partial charge in [-0.05, 0) is 124 Å². The molecule has 16 rings (SSSR count). The molecular formula is C77H74N12O26. The number of rotatable bonds is 21. The third kappa shape index (κ3) is 15.4. The summed E-state index contributed by atoms with van der Waals surface area (Å²) in [6, 6.07) is 22.6. The van der Waals surface area contributed by atoms with Crippen LogP contribution in [0.5, 0.6) is 17.2 Å². The summed E-state index contributed by atoms with van der Waals surface area (Å²) in [4.78, 5) is 175. The monoisotopic (exact) mass is 1580 g/mol. The van der Waals surface area contributed by atoms with Gasteiger partial charge in [-0.2, -0.15) is 0 Å². The molecule has 13 heterocycles. The van der Waals surface area contributed by atoms with Crippen LogP contribution in [-0.4, -0.2) is 215 Å². The van der Waals surface area contributed by atoms with E-state index < -0.39 is 109 Å². The number of hydrogen-bond donors (Lipinski definition) is 3. The highest BCUT2D eigenvalue weighted by atomic mass is 16.8. The van der Waals surface area contributed by atoms with E-state index in [4.69, 9.17) is 65.4 Å². The summed E-state index contributed by atoms with van der Waals surface area (Å²) in [6.45, 7) is 6.32. The van der Waals surface area contributed by atoms with E-state index in [2.05, 4.69) is 30.9 Å². The number of carbonyl (C=O) groups excluding carboxylic acids is 12. The van der Waals surface area contributed by atoms with E-state index in [1.807, 2.05) is 0 Å². The first-order valence-electron chi connectivity index (χ1n) is 35.6. The molecule has 115 heavy (non-hydrogen) atoms. The van der Waals surface area contributed by atoms with Crippen molar-refractivity contribution < 1.29 is 123 Å². The van der Waals surface area contributed by atoms with Crippen molar-refractivity contribution >= 4 is 105 Å². The number of amides is 12. The maximum Gasteiger partial charge on any atom is 0.510 e. The fourth-order valence-electron chi connectivity index (χ4n) is 13.7. The lowest BCUT2D eigenvalue weighted by molar-refractivity contribution is -0.137. The third-order valence-electron chi connectivity index (χ3n) is 19.3. The van der Waals surface area contributed by atoms with Gasteiger partial charge in [-0.25, -0.2) is 43.5 Å². The highest BCUT2D eigenvalue weighted by Crippen LogP contribution is 2.42. The average molecular weight is 1580 g/mol. The number of pyridine rings is 3. The topological polar surface area (TPSA) is 440 Å². The number of methoxy groups -OCH3 is 3. The van der Waals surface area contributed by atoms with Crippen molar-refractivity contribution in [1.29, 1.82) is 0 Å². The zero-order chi connectivity index (χ0) is 81.4. The van der Waals surface area contributed by atoms with Gasteiger partial charge in [0.1, 0.15) is 76.4 Å². The molecular weight excluding hydrogens is 1510 g/mol. The Labute approximate surface area is 651 Å². The molecule has 12 amide bonds. The Morgan fingerprint density at radius 3 is 1.17 bits per heavy atom. The lowest BCUT2D eigenvalue weighted by Gasteiger charge is -2.29. The second-order valence-electron chi connectivity index (χ2n) is 28.4. The second-order valence-corrected chi connectivity index (χ2v) is 28.4.